The van der Waals surface area contributed by atoms with Gasteiger partial charge in [-0.25, -0.2) is 0 Å². The summed E-state index contributed by atoms with van der Waals surface area (Å²) in [6, 6.07) is 14.5. The maximum Gasteiger partial charge on any atom is 0.187 e. The molecule has 22 heavy (non-hydrogen) atoms. The smallest absolute Gasteiger partial charge is 0.187 e. The molecule has 0 aliphatic heterocycles. The summed E-state index contributed by atoms with van der Waals surface area (Å²) in [5.41, 5.74) is 2.21. The second-order valence-corrected chi connectivity index (χ2v) is 5.58. The van der Waals surface area contributed by atoms with Gasteiger partial charge in [0.2, 0.25) is 0 Å². The molecule has 0 saturated carbocycles. The second kappa shape index (κ2) is 6.30. The van der Waals surface area contributed by atoms with Gasteiger partial charge in [-0.2, -0.15) is 0 Å². The van der Waals surface area contributed by atoms with Crippen LogP contribution in [0.3, 0.4) is 0 Å². The van der Waals surface area contributed by atoms with Crippen molar-refractivity contribution in [2.75, 3.05) is 0 Å². The Morgan fingerprint density at radius 3 is 2.73 bits per heavy atom. The molecule has 2 aromatic carbocycles. The Hall–Kier alpha value is -2.16. The lowest BCUT2D eigenvalue weighted by atomic mass is 10.1. The summed E-state index contributed by atoms with van der Waals surface area (Å²) in [6.07, 6.45) is 4.99. The number of allylic oxidation sites excluding steroid dienone is 1. The van der Waals surface area contributed by atoms with E-state index >= 15 is 0 Å². The number of nitrogens with zero attached hydrogens (tertiary/aromatic N) is 1. The number of aromatic nitrogens is 1. The lowest BCUT2D eigenvalue weighted by Gasteiger charge is -2.02. The molecule has 1 heterocycles. The topological polar surface area (TPSA) is 30.0 Å². The highest BCUT2D eigenvalue weighted by Crippen LogP contribution is 2.22. The van der Waals surface area contributed by atoms with Crippen LogP contribution in [0.5, 0.6) is 0 Å². The van der Waals surface area contributed by atoms with Crippen LogP contribution in [0.2, 0.25) is 10.0 Å². The van der Waals surface area contributed by atoms with Gasteiger partial charge < -0.3 is 0 Å². The van der Waals surface area contributed by atoms with E-state index in [1.165, 1.54) is 6.08 Å². The molecule has 108 valence electrons. The van der Waals surface area contributed by atoms with Crippen molar-refractivity contribution in [2.45, 2.75) is 0 Å². The van der Waals surface area contributed by atoms with E-state index in [1.807, 2.05) is 30.3 Å². The highest BCUT2D eigenvalue weighted by molar-refractivity contribution is 6.36. The lowest BCUT2D eigenvalue weighted by molar-refractivity contribution is 0.104. The van der Waals surface area contributed by atoms with Crippen LogP contribution in [-0.2, 0) is 0 Å². The highest BCUT2D eigenvalue weighted by Gasteiger charge is 2.08. The Balaban J connectivity index is 1.96. The molecule has 0 aliphatic rings. The minimum atomic E-state index is -0.187. The molecule has 3 aromatic rings. The molecule has 0 fully saturated rings. The lowest BCUT2D eigenvalue weighted by Crippen LogP contribution is -1.95. The second-order valence-electron chi connectivity index (χ2n) is 4.74. The van der Waals surface area contributed by atoms with Gasteiger partial charge in [0.15, 0.2) is 5.78 Å². The highest BCUT2D eigenvalue weighted by atomic mass is 35.5. The minimum absolute atomic E-state index is 0.187. The van der Waals surface area contributed by atoms with Crippen LogP contribution < -0.4 is 0 Å². The number of carbonyl (C=O) groups is 1. The zero-order valence-electron chi connectivity index (χ0n) is 11.5. The molecule has 4 heteroatoms. The molecule has 0 spiro atoms. The maximum absolute atomic E-state index is 12.3. The summed E-state index contributed by atoms with van der Waals surface area (Å²) in [5, 5.41) is 1.86. The SMILES string of the molecule is O=C(/C=C\c1ccnc2ccccc12)c1cc(Cl)ccc1Cl. The normalized spacial score (nSPS) is 11.2. The molecule has 0 unspecified atom stereocenters. The molecule has 0 saturated heterocycles. The average Bonchev–Trinajstić information content (AvgIpc) is 2.54. The number of carbonyl (C=O) groups excluding carboxylic acids is 1. The van der Waals surface area contributed by atoms with Crippen LogP contribution in [0.25, 0.3) is 17.0 Å². The number of fused-ring (bicyclic) bond motifs is 1. The molecule has 0 bridgehead atoms. The van der Waals surface area contributed by atoms with Crippen LogP contribution >= 0.6 is 23.2 Å². The van der Waals surface area contributed by atoms with E-state index in [4.69, 9.17) is 23.2 Å². The summed E-state index contributed by atoms with van der Waals surface area (Å²) in [5.74, 6) is -0.187. The average molecular weight is 328 g/mol. The van der Waals surface area contributed by atoms with Crippen LogP contribution in [0.1, 0.15) is 15.9 Å². The van der Waals surface area contributed by atoms with E-state index in [9.17, 15) is 4.79 Å². The summed E-state index contributed by atoms with van der Waals surface area (Å²) in [4.78, 5) is 16.6. The van der Waals surface area contributed by atoms with E-state index in [2.05, 4.69) is 4.98 Å². The summed E-state index contributed by atoms with van der Waals surface area (Å²) in [7, 11) is 0. The number of hydrogen-bond acceptors (Lipinski definition) is 2. The number of rotatable bonds is 3. The van der Waals surface area contributed by atoms with Crippen molar-refractivity contribution in [1.29, 1.82) is 0 Å². The van der Waals surface area contributed by atoms with Gasteiger partial charge in [0, 0.05) is 22.2 Å². The monoisotopic (exact) mass is 327 g/mol. The predicted molar refractivity (Wildman–Crippen MR) is 91.6 cm³/mol. The maximum atomic E-state index is 12.3. The third-order valence-electron chi connectivity index (χ3n) is 3.29. The first kappa shape index (κ1) is 14.8. The first-order valence-electron chi connectivity index (χ1n) is 6.66. The third kappa shape index (κ3) is 3.03. The van der Waals surface area contributed by atoms with Crippen molar-refractivity contribution >= 4 is 46.0 Å². The Bertz CT molecular complexity index is 882. The van der Waals surface area contributed by atoms with E-state index in [-0.39, 0.29) is 5.78 Å². The van der Waals surface area contributed by atoms with Gasteiger partial charge in [0.05, 0.1) is 10.5 Å². The summed E-state index contributed by atoms with van der Waals surface area (Å²) >= 11 is 12.0. The summed E-state index contributed by atoms with van der Waals surface area (Å²) < 4.78 is 0. The van der Waals surface area contributed by atoms with Gasteiger partial charge in [-0.15, -0.1) is 0 Å². The number of hydrogen-bond donors (Lipinski definition) is 0. The van der Waals surface area contributed by atoms with Crippen molar-refractivity contribution < 1.29 is 4.79 Å². The fraction of sp³-hybridized carbons (Fsp3) is 0. The third-order valence-corrected chi connectivity index (χ3v) is 3.86. The molecule has 0 aliphatic carbocycles. The van der Waals surface area contributed by atoms with Crippen LogP contribution in [0, 0.1) is 0 Å². The number of halogens is 2. The van der Waals surface area contributed by atoms with Gasteiger partial charge >= 0.3 is 0 Å². The van der Waals surface area contributed by atoms with Crippen molar-refractivity contribution in [3.05, 3.63) is 82.0 Å². The molecule has 0 N–H and O–H groups in total. The Morgan fingerprint density at radius 1 is 1.05 bits per heavy atom. The van der Waals surface area contributed by atoms with E-state index in [0.29, 0.717) is 15.6 Å². The number of benzene rings is 2. The molecule has 0 amide bonds. The molecule has 3 rings (SSSR count). The first-order chi connectivity index (χ1) is 10.6. The fourth-order valence-corrected chi connectivity index (χ4v) is 2.59. The quantitative estimate of drug-likeness (QED) is 0.473. The molecule has 2 nitrogen and oxygen atoms in total. The van der Waals surface area contributed by atoms with Crippen molar-refractivity contribution in [3.63, 3.8) is 0 Å². The van der Waals surface area contributed by atoms with Crippen molar-refractivity contribution in [1.82, 2.24) is 4.98 Å². The standard InChI is InChI=1S/C18H11Cl2NO/c19-13-6-7-16(20)15(11-13)18(22)8-5-12-9-10-21-17-4-2-1-3-14(12)17/h1-11H/b8-5-. The zero-order valence-corrected chi connectivity index (χ0v) is 13.0. The van der Waals surface area contributed by atoms with E-state index < -0.39 is 0 Å². The largest absolute Gasteiger partial charge is 0.289 e. The molecule has 0 atom stereocenters. The van der Waals surface area contributed by atoms with Gasteiger partial charge in [-0.3, -0.25) is 9.78 Å². The van der Waals surface area contributed by atoms with Crippen LogP contribution in [-0.4, -0.2) is 10.8 Å². The van der Waals surface area contributed by atoms with E-state index in [0.717, 1.165) is 16.5 Å². The number of para-hydroxylation sites is 1. The van der Waals surface area contributed by atoms with Crippen molar-refractivity contribution in [3.8, 4) is 0 Å². The Labute approximate surface area is 138 Å². The number of pyridine rings is 1. The number of ketones is 1. The molecular formula is C18H11Cl2NO. The van der Waals surface area contributed by atoms with E-state index in [1.54, 1.807) is 30.5 Å². The molecule has 1 aromatic heterocycles. The molecular weight excluding hydrogens is 317 g/mol. The first-order valence-corrected chi connectivity index (χ1v) is 7.42. The van der Waals surface area contributed by atoms with Gasteiger partial charge in [-0.05, 0) is 42.0 Å². The summed E-state index contributed by atoms with van der Waals surface area (Å²) in [6.45, 7) is 0. The minimum Gasteiger partial charge on any atom is -0.289 e. The Morgan fingerprint density at radius 2 is 1.86 bits per heavy atom. The fourth-order valence-electron chi connectivity index (χ4n) is 2.20. The predicted octanol–water partition coefficient (Wildman–Crippen LogP) is 5.44. The van der Waals surface area contributed by atoms with Crippen LogP contribution in [0.4, 0.5) is 0 Å². The van der Waals surface area contributed by atoms with Gasteiger partial charge in [-0.1, -0.05) is 47.5 Å². The van der Waals surface area contributed by atoms with Gasteiger partial charge in [0.25, 0.3) is 0 Å². The molecule has 0 radical (unpaired) electrons. The van der Waals surface area contributed by atoms with Crippen molar-refractivity contribution in [2.24, 2.45) is 0 Å². The van der Waals surface area contributed by atoms with Gasteiger partial charge in [0.1, 0.15) is 0 Å². The zero-order chi connectivity index (χ0) is 15.5. The van der Waals surface area contributed by atoms with Crippen LogP contribution in [0.15, 0.2) is 60.8 Å². The Kier molecular flexibility index (Phi) is 4.23.